The number of hydrogen-bond acceptors (Lipinski definition) is 4. The highest BCUT2D eigenvalue weighted by molar-refractivity contribution is 7.98. The van der Waals surface area contributed by atoms with E-state index in [4.69, 9.17) is 0 Å². The van der Waals surface area contributed by atoms with Gasteiger partial charge < -0.3 is 4.90 Å². The van der Waals surface area contributed by atoms with E-state index in [0.717, 1.165) is 10.6 Å². The molecule has 0 radical (unpaired) electrons. The number of benzene rings is 1. The molecule has 0 saturated carbocycles. The highest BCUT2D eigenvalue weighted by Crippen LogP contribution is 2.22. The Bertz CT molecular complexity index is 665. The van der Waals surface area contributed by atoms with Crippen molar-refractivity contribution in [3.05, 3.63) is 45.9 Å². The Morgan fingerprint density at radius 3 is 2.61 bits per heavy atom. The van der Waals surface area contributed by atoms with Crippen LogP contribution in [0.15, 0.2) is 34.5 Å². The summed E-state index contributed by atoms with van der Waals surface area (Å²) in [6.45, 7) is 8.90. The number of nitrogens with zero attached hydrogens (tertiary/aromatic N) is 2. The van der Waals surface area contributed by atoms with Crippen LogP contribution in [0.4, 0.5) is 0 Å². The number of thiazole rings is 1. The summed E-state index contributed by atoms with van der Waals surface area (Å²) in [5.74, 6) is 0.366. The molecule has 1 aromatic carbocycles. The van der Waals surface area contributed by atoms with E-state index in [1.807, 2.05) is 30.2 Å². The summed E-state index contributed by atoms with van der Waals surface area (Å²) in [7, 11) is 0. The second kappa shape index (κ2) is 7.97. The molecule has 5 heteroatoms. The summed E-state index contributed by atoms with van der Waals surface area (Å²) in [5.41, 5.74) is 1.71. The van der Waals surface area contributed by atoms with Crippen LogP contribution in [0.5, 0.6) is 0 Å². The van der Waals surface area contributed by atoms with Gasteiger partial charge in [0, 0.05) is 28.8 Å². The highest BCUT2D eigenvalue weighted by Gasteiger charge is 2.22. The van der Waals surface area contributed by atoms with Gasteiger partial charge >= 0.3 is 0 Å². The zero-order valence-electron chi connectivity index (χ0n) is 14.4. The van der Waals surface area contributed by atoms with Gasteiger partial charge in [-0.05, 0) is 37.8 Å². The predicted octanol–water partition coefficient (Wildman–Crippen LogP) is 5.04. The first kappa shape index (κ1) is 18.0. The lowest BCUT2D eigenvalue weighted by Gasteiger charge is -2.26. The number of thioether (sulfide) groups is 1. The molecule has 0 spiro atoms. The van der Waals surface area contributed by atoms with Gasteiger partial charge in [0.25, 0.3) is 5.91 Å². The minimum Gasteiger partial charge on any atom is -0.331 e. The van der Waals surface area contributed by atoms with Crippen LogP contribution in [0.3, 0.4) is 0 Å². The number of amides is 1. The zero-order valence-corrected chi connectivity index (χ0v) is 16.0. The van der Waals surface area contributed by atoms with E-state index >= 15 is 0 Å². The van der Waals surface area contributed by atoms with Crippen molar-refractivity contribution in [3.8, 4) is 0 Å². The first-order valence-corrected chi connectivity index (χ1v) is 9.92. The Morgan fingerprint density at radius 1 is 1.30 bits per heavy atom. The summed E-state index contributed by atoms with van der Waals surface area (Å²) in [6, 6.07) is 8.48. The van der Waals surface area contributed by atoms with Gasteiger partial charge in [0.15, 0.2) is 0 Å². The van der Waals surface area contributed by atoms with E-state index in [0.29, 0.717) is 18.2 Å². The molecular formula is C18H24N2OS2. The summed E-state index contributed by atoms with van der Waals surface area (Å²) < 4.78 is 0. The SMILES string of the molecule is CSc1cccc(CN(C(=O)c2csc(C(C)C)n2)C(C)C)c1. The van der Waals surface area contributed by atoms with E-state index in [9.17, 15) is 4.79 Å². The molecule has 124 valence electrons. The zero-order chi connectivity index (χ0) is 17.0. The molecule has 0 N–H and O–H groups in total. The van der Waals surface area contributed by atoms with Crippen LogP contribution in [0.2, 0.25) is 0 Å². The van der Waals surface area contributed by atoms with Gasteiger partial charge in [-0.25, -0.2) is 4.98 Å². The van der Waals surface area contributed by atoms with Gasteiger partial charge in [-0.1, -0.05) is 26.0 Å². The Hall–Kier alpha value is -1.33. The van der Waals surface area contributed by atoms with Crippen LogP contribution in [-0.4, -0.2) is 28.1 Å². The molecule has 0 fully saturated rings. The predicted molar refractivity (Wildman–Crippen MR) is 99.4 cm³/mol. The molecule has 1 heterocycles. The lowest BCUT2D eigenvalue weighted by atomic mass is 10.1. The summed E-state index contributed by atoms with van der Waals surface area (Å²) in [5, 5.41) is 2.90. The second-order valence-electron chi connectivity index (χ2n) is 6.10. The van der Waals surface area contributed by atoms with Crippen LogP contribution < -0.4 is 0 Å². The number of rotatable bonds is 6. The molecule has 0 aliphatic carbocycles. The molecule has 2 rings (SSSR count). The van der Waals surface area contributed by atoms with Crippen molar-refractivity contribution in [2.45, 2.75) is 51.1 Å². The largest absolute Gasteiger partial charge is 0.331 e. The van der Waals surface area contributed by atoms with E-state index in [1.54, 1.807) is 23.1 Å². The van der Waals surface area contributed by atoms with Crippen LogP contribution in [0, 0.1) is 0 Å². The molecule has 0 aliphatic rings. The minimum atomic E-state index is 0.0118. The smallest absolute Gasteiger partial charge is 0.273 e. The van der Waals surface area contributed by atoms with Gasteiger partial charge in [-0.3, -0.25) is 4.79 Å². The average Bonchev–Trinajstić information content (AvgIpc) is 3.02. The van der Waals surface area contributed by atoms with E-state index in [2.05, 4.69) is 43.3 Å². The topological polar surface area (TPSA) is 33.2 Å². The normalized spacial score (nSPS) is 11.3. The third kappa shape index (κ3) is 4.58. The van der Waals surface area contributed by atoms with E-state index < -0.39 is 0 Å². The molecule has 2 aromatic rings. The molecular weight excluding hydrogens is 324 g/mol. The fourth-order valence-electron chi connectivity index (χ4n) is 2.25. The van der Waals surface area contributed by atoms with Gasteiger partial charge in [-0.15, -0.1) is 23.1 Å². The van der Waals surface area contributed by atoms with Crippen molar-refractivity contribution in [1.82, 2.24) is 9.88 Å². The van der Waals surface area contributed by atoms with Crippen LogP contribution in [0.1, 0.15) is 54.7 Å². The number of hydrogen-bond donors (Lipinski definition) is 0. The summed E-state index contributed by atoms with van der Waals surface area (Å²) in [6.07, 6.45) is 2.06. The van der Waals surface area contributed by atoms with Crippen molar-refractivity contribution in [3.63, 3.8) is 0 Å². The summed E-state index contributed by atoms with van der Waals surface area (Å²) >= 11 is 3.28. The van der Waals surface area contributed by atoms with Gasteiger partial charge in [0.1, 0.15) is 5.69 Å². The Labute approximate surface area is 147 Å². The number of carbonyl (C=O) groups is 1. The Morgan fingerprint density at radius 2 is 2.04 bits per heavy atom. The molecule has 3 nitrogen and oxygen atoms in total. The van der Waals surface area contributed by atoms with Crippen molar-refractivity contribution in [2.24, 2.45) is 0 Å². The van der Waals surface area contributed by atoms with Crippen molar-refractivity contribution < 1.29 is 4.79 Å². The van der Waals surface area contributed by atoms with Crippen molar-refractivity contribution in [1.29, 1.82) is 0 Å². The maximum atomic E-state index is 12.8. The van der Waals surface area contributed by atoms with E-state index in [-0.39, 0.29) is 11.9 Å². The Kier molecular flexibility index (Phi) is 6.25. The third-order valence-corrected chi connectivity index (χ3v) is 5.48. The lowest BCUT2D eigenvalue weighted by molar-refractivity contribution is 0.0685. The fourth-order valence-corrected chi connectivity index (χ4v) is 3.55. The Balaban J connectivity index is 2.21. The number of aromatic nitrogens is 1. The molecule has 0 saturated heterocycles. The van der Waals surface area contributed by atoms with Crippen LogP contribution in [-0.2, 0) is 6.54 Å². The molecule has 0 bridgehead atoms. The number of carbonyl (C=O) groups excluding carboxylic acids is 1. The van der Waals surface area contributed by atoms with Gasteiger partial charge in [-0.2, -0.15) is 0 Å². The quantitative estimate of drug-likeness (QED) is 0.686. The van der Waals surface area contributed by atoms with Gasteiger partial charge in [0.05, 0.1) is 5.01 Å². The average molecular weight is 349 g/mol. The molecule has 0 atom stereocenters. The maximum Gasteiger partial charge on any atom is 0.273 e. The van der Waals surface area contributed by atoms with Crippen LogP contribution in [0.25, 0.3) is 0 Å². The summed E-state index contributed by atoms with van der Waals surface area (Å²) in [4.78, 5) is 20.5. The van der Waals surface area contributed by atoms with E-state index in [1.165, 1.54) is 4.90 Å². The molecule has 0 unspecified atom stereocenters. The lowest BCUT2D eigenvalue weighted by Crippen LogP contribution is -2.36. The monoisotopic (exact) mass is 348 g/mol. The van der Waals surface area contributed by atoms with Crippen LogP contribution >= 0.6 is 23.1 Å². The maximum absolute atomic E-state index is 12.8. The third-order valence-electron chi connectivity index (χ3n) is 3.61. The second-order valence-corrected chi connectivity index (χ2v) is 7.87. The molecule has 1 amide bonds. The van der Waals surface area contributed by atoms with Crippen molar-refractivity contribution in [2.75, 3.05) is 6.26 Å². The van der Waals surface area contributed by atoms with Gasteiger partial charge in [0.2, 0.25) is 0 Å². The minimum absolute atomic E-state index is 0.0118. The fraction of sp³-hybridized carbons (Fsp3) is 0.444. The van der Waals surface area contributed by atoms with Crippen molar-refractivity contribution >= 4 is 29.0 Å². The standard InChI is InChI=1S/C18H24N2OS2/c1-12(2)17-19-16(11-23-17)18(21)20(13(3)4)10-14-7-6-8-15(9-14)22-5/h6-9,11-13H,10H2,1-5H3. The first-order valence-electron chi connectivity index (χ1n) is 7.81. The molecule has 23 heavy (non-hydrogen) atoms. The first-order chi connectivity index (χ1) is 10.9. The highest BCUT2D eigenvalue weighted by atomic mass is 32.2. The molecule has 0 aliphatic heterocycles. The molecule has 1 aromatic heterocycles.